The van der Waals surface area contributed by atoms with Gasteiger partial charge in [0.15, 0.2) is 0 Å². The summed E-state index contributed by atoms with van der Waals surface area (Å²) in [4.78, 5) is 8.68. The van der Waals surface area contributed by atoms with Crippen molar-refractivity contribution in [2.45, 2.75) is 13.3 Å². The Balaban J connectivity index is 2.32. The minimum Gasteiger partial charge on any atom is -0.296 e. The number of aryl methyl sites for hydroxylation is 2. The van der Waals surface area contributed by atoms with Crippen LogP contribution in [-0.2, 0) is 6.42 Å². The number of aromatic nitrogens is 3. The van der Waals surface area contributed by atoms with Gasteiger partial charge in [-0.05, 0) is 46.6 Å². The van der Waals surface area contributed by atoms with Crippen LogP contribution in [-0.4, -0.2) is 20.4 Å². The monoisotopic (exact) mass is 367 g/mol. The van der Waals surface area contributed by atoms with E-state index in [1.54, 1.807) is 18.5 Å². The van der Waals surface area contributed by atoms with E-state index in [-0.39, 0.29) is 5.82 Å². The van der Waals surface area contributed by atoms with Gasteiger partial charge in [0.25, 0.3) is 0 Å². The maximum Gasteiger partial charge on any atom is 0.137 e. The summed E-state index contributed by atoms with van der Waals surface area (Å²) in [5, 5.41) is 0. The summed E-state index contributed by atoms with van der Waals surface area (Å²) in [6, 6.07) is 5.18. The molecule has 0 radical (unpaired) electrons. The van der Waals surface area contributed by atoms with Gasteiger partial charge in [-0.15, -0.1) is 11.6 Å². The zero-order chi connectivity index (χ0) is 15.0. The van der Waals surface area contributed by atoms with Crippen LogP contribution in [0.3, 0.4) is 0 Å². The van der Waals surface area contributed by atoms with Crippen molar-refractivity contribution in [3.63, 3.8) is 0 Å². The number of alkyl halides is 1. The number of halogens is 3. The molecule has 0 spiro atoms. The molecule has 3 rings (SSSR count). The van der Waals surface area contributed by atoms with Gasteiger partial charge in [0.05, 0.1) is 21.9 Å². The first kappa shape index (κ1) is 14.5. The fourth-order valence-electron chi connectivity index (χ4n) is 2.38. The molecule has 2 aromatic heterocycles. The lowest BCUT2D eigenvalue weighted by Gasteiger charge is -2.12. The van der Waals surface area contributed by atoms with E-state index in [2.05, 4.69) is 25.9 Å². The Kier molecular flexibility index (Phi) is 3.95. The summed E-state index contributed by atoms with van der Waals surface area (Å²) in [6.07, 6.45) is 4.07. The smallest absolute Gasteiger partial charge is 0.137 e. The average Bonchev–Trinajstić information content (AvgIpc) is 2.81. The van der Waals surface area contributed by atoms with Gasteiger partial charge in [0.2, 0.25) is 0 Å². The minimum atomic E-state index is -0.277. The van der Waals surface area contributed by atoms with Crippen molar-refractivity contribution >= 4 is 38.6 Å². The number of hydrogen-bond donors (Lipinski definition) is 0. The predicted molar refractivity (Wildman–Crippen MR) is 85.7 cm³/mol. The van der Waals surface area contributed by atoms with Gasteiger partial charge in [0, 0.05) is 18.5 Å². The molecule has 0 saturated heterocycles. The molecule has 1 aromatic carbocycles. The Morgan fingerprint density at radius 2 is 2.19 bits per heavy atom. The van der Waals surface area contributed by atoms with Crippen LogP contribution in [0.4, 0.5) is 4.39 Å². The van der Waals surface area contributed by atoms with Crippen LogP contribution >= 0.6 is 27.5 Å². The number of fused-ring (bicyclic) bond motifs is 1. The highest BCUT2D eigenvalue weighted by atomic mass is 79.9. The number of nitrogens with zero attached hydrogens (tertiary/aromatic N) is 3. The summed E-state index contributed by atoms with van der Waals surface area (Å²) >= 11 is 9.13. The van der Waals surface area contributed by atoms with Crippen LogP contribution < -0.4 is 0 Å². The Hall–Kier alpha value is -1.46. The van der Waals surface area contributed by atoms with E-state index in [0.717, 1.165) is 28.1 Å². The maximum atomic E-state index is 13.7. The molecule has 0 unspecified atom stereocenters. The molecular formula is C15H12BrClFN3. The second kappa shape index (κ2) is 5.73. The molecule has 0 amide bonds. The Labute approximate surface area is 134 Å². The molecule has 0 aliphatic carbocycles. The van der Waals surface area contributed by atoms with Crippen molar-refractivity contribution < 1.29 is 4.39 Å². The highest BCUT2D eigenvalue weighted by molar-refractivity contribution is 9.10. The molecule has 0 bridgehead atoms. The van der Waals surface area contributed by atoms with Gasteiger partial charge in [-0.1, -0.05) is 0 Å². The molecule has 0 saturated carbocycles. The molecular weight excluding hydrogens is 357 g/mol. The van der Waals surface area contributed by atoms with Crippen molar-refractivity contribution in [3.05, 3.63) is 52.3 Å². The van der Waals surface area contributed by atoms with Crippen LogP contribution in [0.5, 0.6) is 0 Å². The first-order valence-electron chi connectivity index (χ1n) is 6.45. The maximum absolute atomic E-state index is 13.7. The first-order chi connectivity index (χ1) is 10.1. The third kappa shape index (κ3) is 2.56. The van der Waals surface area contributed by atoms with Gasteiger partial charge in [-0.2, -0.15) is 0 Å². The molecule has 0 N–H and O–H groups in total. The number of imidazole rings is 1. The van der Waals surface area contributed by atoms with E-state index in [0.29, 0.717) is 16.8 Å². The fourth-order valence-corrected chi connectivity index (χ4v) is 2.88. The van der Waals surface area contributed by atoms with Crippen LogP contribution in [0.1, 0.15) is 11.4 Å². The topological polar surface area (TPSA) is 30.7 Å². The lowest BCUT2D eigenvalue weighted by Crippen LogP contribution is -2.04. The quantitative estimate of drug-likeness (QED) is 0.641. The van der Waals surface area contributed by atoms with Gasteiger partial charge < -0.3 is 0 Å². The Morgan fingerprint density at radius 3 is 2.95 bits per heavy atom. The lowest BCUT2D eigenvalue weighted by atomic mass is 10.2. The zero-order valence-electron chi connectivity index (χ0n) is 11.3. The molecule has 2 heterocycles. The van der Waals surface area contributed by atoms with Crippen LogP contribution in [0.2, 0.25) is 0 Å². The van der Waals surface area contributed by atoms with Crippen LogP contribution in [0.25, 0.3) is 16.7 Å². The predicted octanol–water partition coefficient (Wildman–Crippen LogP) is 4.41. The molecule has 21 heavy (non-hydrogen) atoms. The van der Waals surface area contributed by atoms with E-state index in [9.17, 15) is 4.39 Å². The second-order valence-corrected chi connectivity index (χ2v) is 5.95. The largest absolute Gasteiger partial charge is 0.296 e. The standard InChI is InChI=1S/C15H12BrClFN3/c1-9-6-11(18)10(16)7-14(9)21-13-3-5-19-8-12(13)20-15(21)2-4-17/h3,5-8H,2,4H2,1H3. The SMILES string of the molecule is Cc1cc(F)c(Br)cc1-n1c(CCCl)nc2cnccc21. The first-order valence-corrected chi connectivity index (χ1v) is 7.78. The summed E-state index contributed by atoms with van der Waals surface area (Å²) in [6.45, 7) is 1.88. The van der Waals surface area contributed by atoms with Crippen molar-refractivity contribution in [2.24, 2.45) is 0 Å². The Bertz CT molecular complexity index is 816. The normalized spacial score (nSPS) is 11.2. The summed E-state index contributed by atoms with van der Waals surface area (Å²) < 4.78 is 16.1. The third-order valence-electron chi connectivity index (χ3n) is 3.32. The van der Waals surface area contributed by atoms with Crippen LogP contribution in [0, 0.1) is 12.7 Å². The van der Waals surface area contributed by atoms with Crippen molar-refractivity contribution in [1.82, 2.24) is 14.5 Å². The number of pyridine rings is 1. The van der Waals surface area contributed by atoms with Gasteiger partial charge in [0.1, 0.15) is 17.2 Å². The van der Waals surface area contributed by atoms with Gasteiger partial charge in [-0.3, -0.25) is 9.55 Å². The van der Waals surface area contributed by atoms with E-state index >= 15 is 0 Å². The summed E-state index contributed by atoms with van der Waals surface area (Å²) in [5.74, 6) is 1.04. The zero-order valence-corrected chi connectivity index (χ0v) is 13.6. The molecule has 0 aliphatic rings. The number of benzene rings is 1. The lowest BCUT2D eigenvalue weighted by molar-refractivity contribution is 0.619. The molecule has 3 nitrogen and oxygen atoms in total. The number of hydrogen-bond acceptors (Lipinski definition) is 2. The minimum absolute atomic E-state index is 0.277. The molecule has 0 aliphatic heterocycles. The summed E-state index contributed by atoms with van der Waals surface area (Å²) in [7, 11) is 0. The Morgan fingerprint density at radius 1 is 1.38 bits per heavy atom. The molecule has 0 atom stereocenters. The van der Waals surface area contributed by atoms with E-state index in [1.165, 1.54) is 6.07 Å². The van der Waals surface area contributed by atoms with E-state index in [4.69, 9.17) is 11.6 Å². The highest BCUT2D eigenvalue weighted by Gasteiger charge is 2.15. The summed E-state index contributed by atoms with van der Waals surface area (Å²) in [5.41, 5.74) is 3.46. The molecule has 0 fully saturated rings. The van der Waals surface area contributed by atoms with Crippen LogP contribution in [0.15, 0.2) is 35.1 Å². The van der Waals surface area contributed by atoms with E-state index in [1.807, 2.05) is 17.6 Å². The average molecular weight is 369 g/mol. The van der Waals surface area contributed by atoms with Crippen molar-refractivity contribution in [1.29, 1.82) is 0 Å². The molecule has 108 valence electrons. The molecule has 6 heteroatoms. The second-order valence-electron chi connectivity index (χ2n) is 4.72. The van der Waals surface area contributed by atoms with Crippen molar-refractivity contribution in [2.75, 3.05) is 5.88 Å². The fraction of sp³-hybridized carbons (Fsp3) is 0.200. The third-order valence-corrected chi connectivity index (χ3v) is 4.12. The van der Waals surface area contributed by atoms with Gasteiger partial charge >= 0.3 is 0 Å². The van der Waals surface area contributed by atoms with Crippen molar-refractivity contribution in [3.8, 4) is 5.69 Å². The highest BCUT2D eigenvalue weighted by Crippen LogP contribution is 2.28. The van der Waals surface area contributed by atoms with E-state index < -0.39 is 0 Å². The number of rotatable bonds is 3. The van der Waals surface area contributed by atoms with Gasteiger partial charge in [-0.25, -0.2) is 9.37 Å². The molecule has 3 aromatic rings.